The average molecular weight is 354 g/mol. The molecule has 1 unspecified atom stereocenters. The maximum absolute atomic E-state index is 12.5. The van der Waals surface area contributed by atoms with E-state index in [2.05, 4.69) is 6.92 Å². The summed E-state index contributed by atoms with van der Waals surface area (Å²) in [6.45, 7) is 3.86. The van der Waals surface area contributed by atoms with Crippen molar-refractivity contribution in [2.45, 2.75) is 43.7 Å². The molecule has 1 aromatic heterocycles. The van der Waals surface area contributed by atoms with E-state index in [1.54, 1.807) is 4.57 Å². The Labute approximate surface area is 152 Å². The van der Waals surface area contributed by atoms with E-state index >= 15 is 0 Å². The smallest absolute Gasteiger partial charge is 0.265 e. The third kappa shape index (κ3) is 4.97. The molecule has 0 saturated heterocycles. The van der Waals surface area contributed by atoms with Gasteiger partial charge < -0.3 is 9.30 Å². The number of pyridine rings is 1. The minimum atomic E-state index is -0.0779. The Hall–Kier alpha value is -2.03. The second-order valence-corrected chi connectivity index (χ2v) is 7.50. The first-order valence-electron chi connectivity index (χ1n) is 8.59. The van der Waals surface area contributed by atoms with Gasteiger partial charge in [-0.15, -0.1) is 0 Å². The van der Waals surface area contributed by atoms with Crippen molar-refractivity contribution in [3.05, 3.63) is 64.1 Å². The number of rotatable bonds is 8. The summed E-state index contributed by atoms with van der Waals surface area (Å²) in [5, 5.41) is 11.0. The summed E-state index contributed by atoms with van der Waals surface area (Å²) < 4.78 is 7.54. The fourth-order valence-corrected chi connectivity index (χ4v) is 3.37. The fourth-order valence-electron chi connectivity index (χ4n) is 2.87. The minimum absolute atomic E-state index is 0.0779. The minimum Gasteiger partial charge on any atom is -0.376 e. The molecule has 0 radical (unpaired) electrons. The van der Waals surface area contributed by atoms with Crippen LogP contribution < -0.4 is 5.56 Å². The summed E-state index contributed by atoms with van der Waals surface area (Å²) in [6.07, 6.45) is 4.31. The highest BCUT2D eigenvalue weighted by atomic mass is 32.2. The Balaban J connectivity index is 1.63. The molecule has 25 heavy (non-hydrogen) atoms. The summed E-state index contributed by atoms with van der Waals surface area (Å²) in [5.74, 6) is 0.769. The third-order valence-electron chi connectivity index (χ3n) is 4.30. The van der Waals surface area contributed by atoms with Crippen LogP contribution in [0.1, 0.15) is 36.8 Å². The Bertz CT molecular complexity index is 807. The molecule has 1 aromatic carbocycles. The van der Waals surface area contributed by atoms with Crippen LogP contribution in [0, 0.1) is 16.6 Å². The summed E-state index contributed by atoms with van der Waals surface area (Å²) in [6, 6.07) is 12.0. The molecule has 1 saturated carbocycles. The Morgan fingerprint density at radius 1 is 1.36 bits per heavy atom. The zero-order valence-electron chi connectivity index (χ0n) is 14.4. The normalized spacial score (nSPS) is 14.9. The first kappa shape index (κ1) is 17.8. The van der Waals surface area contributed by atoms with Crippen molar-refractivity contribution in [2.24, 2.45) is 5.92 Å². The van der Waals surface area contributed by atoms with E-state index in [-0.39, 0.29) is 11.5 Å². The average Bonchev–Trinajstić information content (AvgIpc) is 3.44. The Morgan fingerprint density at radius 3 is 2.80 bits per heavy atom. The molecular formula is C20H22N2O2S. The van der Waals surface area contributed by atoms with Crippen LogP contribution in [-0.4, -0.2) is 11.2 Å². The lowest BCUT2D eigenvalue weighted by molar-refractivity contribution is 0.0864. The highest BCUT2D eigenvalue weighted by Gasteiger charge is 2.25. The molecule has 5 heteroatoms. The number of nitriles is 1. The molecule has 4 nitrogen and oxygen atoms in total. The van der Waals surface area contributed by atoms with Gasteiger partial charge in [-0.25, -0.2) is 0 Å². The van der Waals surface area contributed by atoms with Crippen LogP contribution in [0.2, 0.25) is 0 Å². The van der Waals surface area contributed by atoms with E-state index in [0.29, 0.717) is 30.6 Å². The van der Waals surface area contributed by atoms with Gasteiger partial charge in [0.25, 0.3) is 5.56 Å². The van der Waals surface area contributed by atoms with Gasteiger partial charge in [-0.05, 0) is 53.6 Å². The van der Waals surface area contributed by atoms with Gasteiger partial charge in [0.1, 0.15) is 5.40 Å². The molecule has 0 bridgehead atoms. The summed E-state index contributed by atoms with van der Waals surface area (Å²) >= 11 is 0.959. The quantitative estimate of drug-likeness (QED) is 0.528. The lowest BCUT2D eigenvalue weighted by Gasteiger charge is -2.16. The van der Waals surface area contributed by atoms with Crippen molar-refractivity contribution >= 4 is 11.8 Å². The highest BCUT2D eigenvalue weighted by molar-refractivity contribution is 8.03. The van der Waals surface area contributed by atoms with Crippen LogP contribution >= 0.6 is 11.8 Å². The standard InChI is InChI=1S/C20H22N2O2S/c1-15(12-24-13-16-5-3-2-4-6-16)10-22-11-18(17-7-8-17)9-19(20(22)23)25-14-21/h2-6,9,11,15,17H,7-8,10,12-13H2,1H3. The number of benzene rings is 1. The molecule has 130 valence electrons. The van der Waals surface area contributed by atoms with Crippen LogP contribution in [0.5, 0.6) is 0 Å². The number of nitrogens with zero attached hydrogens (tertiary/aromatic N) is 2. The number of ether oxygens (including phenoxy) is 1. The van der Waals surface area contributed by atoms with Gasteiger partial charge in [-0.3, -0.25) is 4.79 Å². The monoisotopic (exact) mass is 354 g/mol. The van der Waals surface area contributed by atoms with Gasteiger partial charge >= 0.3 is 0 Å². The number of aromatic nitrogens is 1. The van der Waals surface area contributed by atoms with Crippen molar-refractivity contribution in [1.82, 2.24) is 4.57 Å². The largest absolute Gasteiger partial charge is 0.376 e. The van der Waals surface area contributed by atoms with Gasteiger partial charge in [0.2, 0.25) is 0 Å². The maximum Gasteiger partial charge on any atom is 0.265 e. The van der Waals surface area contributed by atoms with E-state index in [9.17, 15) is 4.79 Å². The lowest BCUT2D eigenvalue weighted by Crippen LogP contribution is -2.26. The second kappa shape index (κ2) is 8.37. The molecule has 2 aromatic rings. The predicted octanol–water partition coefficient (Wildman–Crippen LogP) is 4.15. The molecule has 0 amide bonds. The Morgan fingerprint density at radius 2 is 2.12 bits per heavy atom. The highest BCUT2D eigenvalue weighted by Crippen LogP contribution is 2.40. The van der Waals surface area contributed by atoms with E-state index in [0.717, 1.165) is 17.3 Å². The molecule has 0 spiro atoms. The number of thiocyanates is 1. The van der Waals surface area contributed by atoms with Crippen molar-refractivity contribution in [1.29, 1.82) is 5.26 Å². The summed E-state index contributed by atoms with van der Waals surface area (Å²) in [4.78, 5) is 13.1. The van der Waals surface area contributed by atoms with Crippen molar-refractivity contribution < 1.29 is 4.74 Å². The van der Waals surface area contributed by atoms with Crippen LogP contribution in [0.4, 0.5) is 0 Å². The van der Waals surface area contributed by atoms with E-state index < -0.39 is 0 Å². The molecule has 0 aliphatic heterocycles. The summed E-state index contributed by atoms with van der Waals surface area (Å²) in [5.41, 5.74) is 2.25. The number of hydrogen-bond donors (Lipinski definition) is 0. The maximum atomic E-state index is 12.5. The molecular weight excluding hydrogens is 332 g/mol. The van der Waals surface area contributed by atoms with Gasteiger partial charge in [-0.2, -0.15) is 5.26 Å². The first-order chi connectivity index (χ1) is 12.2. The molecule has 0 N–H and O–H groups in total. The van der Waals surface area contributed by atoms with Crippen LogP contribution in [0.15, 0.2) is 52.3 Å². The number of thioether (sulfide) groups is 1. The van der Waals surface area contributed by atoms with Crippen molar-refractivity contribution in [3.8, 4) is 5.40 Å². The third-order valence-corrected chi connectivity index (χ3v) is 4.90. The summed E-state index contributed by atoms with van der Waals surface area (Å²) in [7, 11) is 0. The zero-order chi connectivity index (χ0) is 17.6. The Kier molecular flexibility index (Phi) is 5.95. The predicted molar refractivity (Wildman–Crippen MR) is 99.4 cm³/mol. The van der Waals surface area contributed by atoms with Crippen LogP contribution in [0.3, 0.4) is 0 Å². The lowest BCUT2D eigenvalue weighted by atomic mass is 10.1. The molecule has 1 aliphatic rings. The van der Waals surface area contributed by atoms with E-state index in [1.165, 1.54) is 18.4 Å². The van der Waals surface area contributed by atoms with Gasteiger partial charge in [0.05, 0.1) is 18.1 Å². The first-order valence-corrected chi connectivity index (χ1v) is 9.41. The molecule has 1 aliphatic carbocycles. The topological polar surface area (TPSA) is 55.0 Å². The van der Waals surface area contributed by atoms with E-state index in [4.69, 9.17) is 10.00 Å². The fraction of sp³-hybridized carbons (Fsp3) is 0.400. The van der Waals surface area contributed by atoms with Gasteiger partial charge in [0.15, 0.2) is 0 Å². The second-order valence-electron chi connectivity index (χ2n) is 6.67. The molecule has 1 atom stereocenters. The number of hydrogen-bond acceptors (Lipinski definition) is 4. The van der Waals surface area contributed by atoms with E-state index in [1.807, 2.05) is 48.0 Å². The molecule has 3 rings (SSSR count). The van der Waals surface area contributed by atoms with Crippen molar-refractivity contribution in [2.75, 3.05) is 6.61 Å². The van der Waals surface area contributed by atoms with Crippen LogP contribution in [-0.2, 0) is 17.9 Å². The SMILES string of the molecule is CC(COCc1ccccc1)Cn1cc(C2CC2)cc(SC#N)c1=O. The van der Waals surface area contributed by atoms with Crippen molar-refractivity contribution in [3.63, 3.8) is 0 Å². The van der Waals surface area contributed by atoms with Crippen LogP contribution in [0.25, 0.3) is 0 Å². The van der Waals surface area contributed by atoms with Gasteiger partial charge in [0, 0.05) is 12.7 Å². The van der Waals surface area contributed by atoms with Gasteiger partial charge in [-0.1, -0.05) is 37.3 Å². The molecule has 1 fully saturated rings. The molecule has 1 heterocycles. The zero-order valence-corrected chi connectivity index (χ0v) is 15.2.